The van der Waals surface area contributed by atoms with Crippen LogP contribution in [0.2, 0.25) is 0 Å². The van der Waals surface area contributed by atoms with Crippen LogP contribution in [0.4, 0.5) is 5.82 Å². The molecule has 0 spiro atoms. The number of thiophene rings is 1. The van der Waals surface area contributed by atoms with E-state index in [1.807, 2.05) is 10.3 Å². The lowest BCUT2D eigenvalue weighted by atomic mass is 9.93. The van der Waals surface area contributed by atoms with Crippen LogP contribution in [0.1, 0.15) is 62.8 Å². The molecule has 2 aromatic heterocycles. The molecule has 1 fully saturated rings. The third kappa shape index (κ3) is 6.54. The molecule has 1 aliphatic heterocycles. The van der Waals surface area contributed by atoms with Gasteiger partial charge in [0.1, 0.15) is 17.2 Å². The van der Waals surface area contributed by atoms with Gasteiger partial charge in [-0.25, -0.2) is 9.97 Å². The number of ether oxygens (including phenoxy) is 1. The Bertz CT molecular complexity index is 971. The second-order valence-electron chi connectivity index (χ2n) is 10.3. The molecule has 2 atom stereocenters. The second kappa shape index (κ2) is 11.3. The molecule has 3 heterocycles. The number of anilines is 1. The van der Waals surface area contributed by atoms with Crippen LogP contribution < -0.4 is 10.6 Å². The van der Waals surface area contributed by atoms with E-state index in [2.05, 4.69) is 61.7 Å². The van der Waals surface area contributed by atoms with Crippen molar-refractivity contribution in [1.82, 2.24) is 20.2 Å². The molecule has 0 saturated carbocycles. The maximum Gasteiger partial charge on any atom is 0.310 e. The Balaban J connectivity index is 1.93. The van der Waals surface area contributed by atoms with E-state index in [1.54, 1.807) is 17.5 Å². The van der Waals surface area contributed by atoms with Crippen LogP contribution in [0.5, 0.6) is 0 Å². The number of methoxy groups -OCH3 is 1. The van der Waals surface area contributed by atoms with Gasteiger partial charge < -0.3 is 20.3 Å². The first-order chi connectivity index (χ1) is 16.1. The third-order valence-corrected chi connectivity index (χ3v) is 6.59. The van der Waals surface area contributed by atoms with Crippen molar-refractivity contribution in [3.05, 3.63) is 40.0 Å². The summed E-state index contributed by atoms with van der Waals surface area (Å²) in [6, 6.07) is 1.93. The van der Waals surface area contributed by atoms with Crippen molar-refractivity contribution in [1.29, 1.82) is 0 Å². The summed E-state index contributed by atoms with van der Waals surface area (Å²) >= 11 is 1.63. The molecule has 2 N–H and O–H groups in total. The molecular formula is C25H37N5O3S. The first-order valence-corrected chi connectivity index (χ1v) is 12.8. The van der Waals surface area contributed by atoms with Crippen LogP contribution in [0.3, 0.4) is 0 Å². The summed E-state index contributed by atoms with van der Waals surface area (Å²) < 4.78 is 4.96. The Morgan fingerprint density at radius 1 is 1.32 bits per heavy atom. The molecule has 9 heteroatoms. The number of nitrogens with one attached hydrogen (secondary N) is 2. The number of hydrogen-bond donors (Lipinski definition) is 2. The number of rotatable bonds is 8. The Morgan fingerprint density at radius 2 is 2.09 bits per heavy atom. The first-order valence-electron chi connectivity index (χ1n) is 11.8. The number of nitrogens with zero attached hydrogens (tertiary/aromatic N) is 3. The zero-order chi connectivity index (χ0) is 24.9. The van der Waals surface area contributed by atoms with Gasteiger partial charge in [0.25, 0.3) is 5.91 Å². The standard InChI is InChI=1S/C25H37N5O3S/c1-16(2)14-30(19-9-18(11-26-12-19)23(32)33-6)22(31)20-13-28-24(25(3,4)5)29-21(20)27-10-17-7-8-34-15-17/h7-8,13,15-16,18-19,26H,9-12,14H2,1-6H3,(H,27,28,29)/t18-,19+/m1/s1. The Hall–Kier alpha value is -2.52. The molecule has 2 aromatic rings. The van der Waals surface area contributed by atoms with Gasteiger partial charge >= 0.3 is 5.97 Å². The summed E-state index contributed by atoms with van der Waals surface area (Å²) in [5, 5.41) is 10.8. The van der Waals surface area contributed by atoms with Crippen molar-refractivity contribution < 1.29 is 14.3 Å². The molecular weight excluding hydrogens is 450 g/mol. The number of carbonyl (C=O) groups excluding carboxylic acids is 2. The average Bonchev–Trinajstić information content (AvgIpc) is 3.33. The minimum absolute atomic E-state index is 0.125. The number of aromatic nitrogens is 2. The molecule has 3 rings (SSSR count). The summed E-state index contributed by atoms with van der Waals surface area (Å²) in [4.78, 5) is 37.3. The van der Waals surface area contributed by atoms with Crippen molar-refractivity contribution in [2.24, 2.45) is 11.8 Å². The van der Waals surface area contributed by atoms with Crippen LogP contribution >= 0.6 is 11.3 Å². The van der Waals surface area contributed by atoms with Crippen LogP contribution in [0.25, 0.3) is 0 Å². The highest BCUT2D eigenvalue weighted by molar-refractivity contribution is 7.07. The van der Waals surface area contributed by atoms with Crippen molar-refractivity contribution in [2.75, 3.05) is 32.1 Å². The summed E-state index contributed by atoms with van der Waals surface area (Å²) in [5.41, 5.74) is 1.33. The van der Waals surface area contributed by atoms with Gasteiger partial charge in [0.2, 0.25) is 0 Å². The second-order valence-corrected chi connectivity index (χ2v) is 11.1. The van der Waals surface area contributed by atoms with Crippen molar-refractivity contribution in [3.63, 3.8) is 0 Å². The molecule has 0 bridgehead atoms. The van der Waals surface area contributed by atoms with Crippen molar-refractivity contribution in [2.45, 2.75) is 59.0 Å². The number of amides is 1. The third-order valence-electron chi connectivity index (χ3n) is 5.86. The van der Waals surface area contributed by atoms with Gasteiger partial charge in [-0.05, 0) is 34.7 Å². The lowest BCUT2D eigenvalue weighted by molar-refractivity contribution is -0.146. The van der Waals surface area contributed by atoms with Crippen LogP contribution in [-0.4, -0.2) is 59.5 Å². The van der Waals surface area contributed by atoms with Gasteiger partial charge in [-0.3, -0.25) is 9.59 Å². The van der Waals surface area contributed by atoms with Gasteiger partial charge in [-0.2, -0.15) is 11.3 Å². The normalized spacial score (nSPS) is 18.6. The average molecular weight is 488 g/mol. The molecule has 0 unspecified atom stereocenters. The van der Waals surface area contributed by atoms with E-state index in [0.29, 0.717) is 49.8 Å². The summed E-state index contributed by atoms with van der Waals surface area (Å²) in [6.07, 6.45) is 2.21. The van der Waals surface area contributed by atoms with Gasteiger partial charge in [0, 0.05) is 43.8 Å². The lowest BCUT2D eigenvalue weighted by Gasteiger charge is -2.38. The number of esters is 1. The maximum absolute atomic E-state index is 13.9. The Labute approximate surface area is 206 Å². The minimum Gasteiger partial charge on any atom is -0.469 e. The highest BCUT2D eigenvalue weighted by atomic mass is 32.1. The SMILES string of the molecule is COC(=O)[C@H]1CNC[C@@H](N(CC(C)C)C(=O)c2cnc(C(C)(C)C)nc2NCc2ccsc2)C1. The van der Waals surface area contributed by atoms with Crippen molar-refractivity contribution in [3.8, 4) is 0 Å². The van der Waals surface area contributed by atoms with Crippen molar-refractivity contribution >= 4 is 29.0 Å². The van der Waals surface area contributed by atoms with Crippen LogP contribution in [0, 0.1) is 11.8 Å². The molecule has 186 valence electrons. The molecule has 1 amide bonds. The topological polar surface area (TPSA) is 96.5 Å². The maximum atomic E-state index is 13.9. The molecule has 8 nitrogen and oxygen atoms in total. The quantitative estimate of drug-likeness (QED) is 0.548. The summed E-state index contributed by atoms with van der Waals surface area (Å²) in [7, 11) is 1.41. The van der Waals surface area contributed by atoms with Crippen LogP contribution in [-0.2, 0) is 21.5 Å². The highest BCUT2D eigenvalue weighted by Crippen LogP contribution is 2.26. The minimum atomic E-state index is -0.276. The Morgan fingerprint density at radius 3 is 2.71 bits per heavy atom. The fraction of sp³-hybridized carbons (Fsp3) is 0.600. The molecule has 34 heavy (non-hydrogen) atoms. The molecule has 1 aliphatic rings. The fourth-order valence-corrected chi connectivity index (χ4v) is 4.73. The number of carbonyl (C=O) groups is 2. The monoisotopic (exact) mass is 487 g/mol. The predicted molar refractivity (Wildman–Crippen MR) is 135 cm³/mol. The predicted octanol–water partition coefficient (Wildman–Crippen LogP) is 3.70. The van der Waals surface area contributed by atoms with Crippen LogP contribution in [0.15, 0.2) is 23.0 Å². The summed E-state index contributed by atoms with van der Waals surface area (Å²) in [5.74, 6) is 0.835. The van der Waals surface area contributed by atoms with E-state index >= 15 is 0 Å². The fourth-order valence-electron chi connectivity index (χ4n) is 4.06. The van der Waals surface area contributed by atoms with E-state index in [1.165, 1.54) is 7.11 Å². The van der Waals surface area contributed by atoms with E-state index in [-0.39, 0.29) is 35.2 Å². The molecule has 0 aliphatic carbocycles. The zero-order valence-electron chi connectivity index (χ0n) is 21.1. The zero-order valence-corrected chi connectivity index (χ0v) is 21.9. The largest absolute Gasteiger partial charge is 0.469 e. The smallest absolute Gasteiger partial charge is 0.310 e. The molecule has 0 radical (unpaired) electrons. The van der Waals surface area contributed by atoms with E-state index in [9.17, 15) is 9.59 Å². The summed E-state index contributed by atoms with van der Waals surface area (Å²) in [6.45, 7) is 12.7. The van der Waals surface area contributed by atoms with E-state index in [4.69, 9.17) is 9.72 Å². The number of hydrogen-bond acceptors (Lipinski definition) is 8. The van der Waals surface area contributed by atoms with Gasteiger partial charge in [-0.15, -0.1) is 0 Å². The molecule has 0 aromatic carbocycles. The van der Waals surface area contributed by atoms with Gasteiger partial charge in [0.15, 0.2) is 0 Å². The van der Waals surface area contributed by atoms with E-state index in [0.717, 1.165) is 5.56 Å². The van der Waals surface area contributed by atoms with E-state index < -0.39 is 0 Å². The Kier molecular flexibility index (Phi) is 8.65. The molecule has 1 saturated heterocycles. The van der Waals surface area contributed by atoms with Gasteiger partial charge in [-0.1, -0.05) is 34.6 Å². The first kappa shape index (κ1) is 26.1. The van der Waals surface area contributed by atoms with Gasteiger partial charge in [0.05, 0.1) is 13.0 Å². The lowest BCUT2D eigenvalue weighted by Crippen LogP contribution is -2.53. The highest BCUT2D eigenvalue weighted by Gasteiger charge is 2.35. The number of piperidine rings is 1.